The molecule has 110 valence electrons. The van der Waals surface area contributed by atoms with Crippen molar-refractivity contribution in [3.8, 4) is 6.07 Å². The molecule has 1 N–H and O–H groups in total. The van der Waals surface area contributed by atoms with Crippen LogP contribution in [0.2, 0.25) is 0 Å². The van der Waals surface area contributed by atoms with Crippen molar-refractivity contribution in [2.75, 3.05) is 30.1 Å². The molecule has 0 heterocycles. The molecule has 2 atom stereocenters. The Balaban J connectivity index is 2.34. The molecule has 19 heavy (non-hydrogen) atoms. The summed E-state index contributed by atoms with van der Waals surface area (Å²) in [5.74, 6) is 2.25. The van der Waals surface area contributed by atoms with Crippen molar-refractivity contribution < 1.29 is 8.42 Å². The van der Waals surface area contributed by atoms with E-state index < -0.39 is 9.84 Å². The number of rotatable bonds is 8. The molecule has 1 fully saturated rings. The van der Waals surface area contributed by atoms with E-state index in [1.54, 1.807) is 11.8 Å². The number of hydrogen-bond acceptors (Lipinski definition) is 5. The van der Waals surface area contributed by atoms with E-state index in [-0.39, 0.29) is 11.3 Å². The maximum atomic E-state index is 11.0. The zero-order chi connectivity index (χ0) is 14.4. The number of hydrogen-bond donors (Lipinski definition) is 1. The van der Waals surface area contributed by atoms with Crippen molar-refractivity contribution >= 4 is 21.6 Å². The van der Waals surface area contributed by atoms with Crippen molar-refractivity contribution in [3.63, 3.8) is 0 Å². The van der Waals surface area contributed by atoms with Gasteiger partial charge in [-0.25, -0.2) is 8.42 Å². The second-order valence-corrected chi connectivity index (χ2v) is 8.72. The quantitative estimate of drug-likeness (QED) is 0.693. The van der Waals surface area contributed by atoms with Crippen LogP contribution in [0.15, 0.2) is 0 Å². The molecule has 1 saturated carbocycles. The van der Waals surface area contributed by atoms with Crippen LogP contribution < -0.4 is 5.32 Å². The summed E-state index contributed by atoms with van der Waals surface area (Å²) < 4.78 is 22.0. The fourth-order valence-electron chi connectivity index (χ4n) is 2.74. The standard InChI is InChI=1S/C13H24N2O2S2/c1-3-15-13(11-14)7-4-5-12(13)6-8-18-9-10-19(2,16)17/h12,15H,3-10H2,1-2H3. The monoisotopic (exact) mass is 304 g/mol. The zero-order valence-electron chi connectivity index (χ0n) is 11.8. The average Bonchev–Trinajstić information content (AvgIpc) is 2.71. The van der Waals surface area contributed by atoms with Crippen LogP contribution in [-0.4, -0.2) is 44.0 Å². The van der Waals surface area contributed by atoms with E-state index in [9.17, 15) is 13.7 Å². The molecule has 1 rings (SSSR count). The predicted molar refractivity (Wildman–Crippen MR) is 81.0 cm³/mol. The normalized spacial score (nSPS) is 27.3. The van der Waals surface area contributed by atoms with Crippen molar-refractivity contribution in [2.45, 2.75) is 38.1 Å². The van der Waals surface area contributed by atoms with Gasteiger partial charge in [0.15, 0.2) is 0 Å². The minimum Gasteiger partial charge on any atom is -0.299 e. The molecule has 0 aliphatic heterocycles. The molecule has 6 heteroatoms. The molecule has 0 amide bonds. The van der Waals surface area contributed by atoms with E-state index in [0.717, 1.165) is 38.0 Å². The number of thioether (sulfide) groups is 1. The van der Waals surface area contributed by atoms with Gasteiger partial charge in [0.05, 0.1) is 11.8 Å². The van der Waals surface area contributed by atoms with Crippen LogP contribution in [0, 0.1) is 17.2 Å². The maximum absolute atomic E-state index is 11.0. The molecule has 0 aromatic rings. The van der Waals surface area contributed by atoms with Gasteiger partial charge in [0, 0.05) is 12.0 Å². The first kappa shape index (κ1) is 16.8. The Bertz CT molecular complexity index is 417. The highest BCUT2D eigenvalue weighted by atomic mass is 32.2. The predicted octanol–water partition coefficient (Wildman–Crippen LogP) is 1.83. The van der Waals surface area contributed by atoms with Crippen LogP contribution in [0.1, 0.15) is 32.6 Å². The van der Waals surface area contributed by atoms with Gasteiger partial charge >= 0.3 is 0 Å². The summed E-state index contributed by atoms with van der Waals surface area (Å²) >= 11 is 1.68. The van der Waals surface area contributed by atoms with E-state index in [2.05, 4.69) is 11.4 Å². The summed E-state index contributed by atoms with van der Waals surface area (Å²) in [6.07, 6.45) is 5.42. The third-order valence-electron chi connectivity index (χ3n) is 3.72. The Morgan fingerprint density at radius 1 is 1.47 bits per heavy atom. The van der Waals surface area contributed by atoms with Crippen LogP contribution in [0.5, 0.6) is 0 Å². The second-order valence-electron chi connectivity index (χ2n) is 5.23. The first-order chi connectivity index (χ1) is 8.93. The molecule has 0 aromatic heterocycles. The molecule has 0 bridgehead atoms. The third-order valence-corrected chi connectivity index (χ3v) is 5.94. The number of nitrogens with one attached hydrogen (secondary N) is 1. The summed E-state index contributed by atoms with van der Waals surface area (Å²) in [5.41, 5.74) is -0.341. The highest BCUT2D eigenvalue weighted by molar-refractivity contribution is 8.00. The summed E-state index contributed by atoms with van der Waals surface area (Å²) in [7, 11) is -2.85. The lowest BCUT2D eigenvalue weighted by Crippen LogP contribution is -2.47. The highest BCUT2D eigenvalue weighted by Crippen LogP contribution is 2.38. The second kappa shape index (κ2) is 7.51. The van der Waals surface area contributed by atoms with Gasteiger partial charge in [0.1, 0.15) is 15.4 Å². The van der Waals surface area contributed by atoms with Crippen molar-refractivity contribution in [2.24, 2.45) is 5.92 Å². The van der Waals surface area contributed by atoms with Crippen molar-refractivity contribution in [1.82, 2.24) is 5.32 Å². The van der Waals surface area contributed by atoms with Crippen molar-refractivity contribution in [1.29, 1.82) is 5.26 Å². The van der Waals surface area contributed by atoms with Gasteiger partial charge in [-0.3, -0.25) is 5.32 Å². The SMILES string of the molecule is CCNC1(C#N)CCCC1CCSCCS(C)(=O)=O. The van der Waals surface area contributed by atoms with Gasteiger partial charge in [0.2, 0.25) is 0 Å². The largest absolute Gasteiger partial charge is 0.299 e. The molecule has 0 spiro atoms. The average molecular weight is 304 g/mol. The van der Waals surface area contributed by atoms with Gasteiger partial charge < -0.3 is 0 Å². The molecule has 4 nitrogen and oxygen atoms in total. The van der Waals surface area contributed by atoms with Crippen molar-refractivity contribution in [3.05, 3.63) is 0 Å². The fraction of sp³-hybridized carbons (Fsp3) is 0.923. The Hall–Kier alpha value is -0.250. The fourth-order valence-corrected chi connectivity index (χ4v) is 5.08. The summed E-state index contributed by atoms with van der Waals surface area (Å²) in [5, 5.41) is 12.8. The van der Waals surface area contributed by atoms with Crippen LogP contribution in [0.3, 0.4) is 0 Å². The van der Waals surface area contributed by atoms with E-state index in [0.29, 0.717) is 11.7 Å². The van der Waals surface area contributed by atoms with Crippen LogP contribution >= 0.6 is 11.8 Å². The van der Waals surface area contributed by atoms with Gasteiger partial charge in [-0.15, -0.1) is 0 Å². The Kier molecular flexibility index (Phi) is 6.64. The topological polar surface area (TPSA) is 70.0 Å². The lowest BCUT2D eigenvalue weighted by molar-refractivity contribution is 0.317. The van der Waals surface area contributed by atoms with E-state index in [4.69, 9.17) is 0 Å². The molecule has 1 aliphatic carbocycles. The molecular formula is C13H24N2O2S2. The van der Waals surface area contributed by atoms with Crippen LogP contribution in [0.4, 0.5) is 0 Å². The molecule has 0 aromatic carbocycles. The molecule has 0 saturated heterocycles. The van der Waals surface area contributed by atoms with Crippen LogP contribution in [-0.2, 0) is 9.84 Å². The van der Waals surface area contributed by atoms with Gasteiger partial charge in [0.25, 0.3) is 0 Å². The smallest absolute Gasteiger partial charge is 0.148 e. The maximum Gasteiger partial charge on any atom is 0.148 e. The zero-order valence-corrected chi connectivity index (χ0v) is 13.4. The summed E-state index contributed by atoms with van der Waals surface area (Å²) in [6.45, 7) is 2.86. The Labute approximate surface area is 121 Å². The lowest BCUT2D eigenvalue weighted by Gasteiger charge is -2.29. The molecule has 2 unspecified atom stereocenters. The van der Waals surface area contributed by atoms with E-state index in [1.807, 2.05) is 6.92 Å². The number of sulfone groups is 1. The van der Waals surface area contributed by atoms with E-state index >= 15 is 0 Å². The van der Waals surface area contributed by atoms with Crippen LogP contribution in [0.25, 0.3) is 0 Å². The van der Waals surface area contributed by atoms with E-state index in [1.165, 1.54) is 6.26 Å². The van der Waals surface area contributed by atoms with Gasteiger partial charge in [-0.2, -0.15) is 17.0 Å². The summed E-state index contributed by atoms with van der Waals surface area (Å²) in [4.78, 5) is 0. The molecule has 1 aliphatic rings. The Morgan fingerprint density at radius 2 is 2.21 bits per heavy atom. The summed E-state index contributed by atoms with van der Waals surface area (Å²) in [6, 6.07) is 2.48. The lowest BCUT2D eigenvalue weighted by atomic mass is 9.86. The number of nitrogens with zero attached hydrogens (tertiary/aromatic N) is 1. The first-order valence-electron chi connectivity index (χ1n) is 6.85. The Morgan fingerprint density at radius 3 is 2.79 bits per heavy atom. The highest BCUT2D eigenvalue weighted by Gasteiger charge is 2.41. The first-order valence-corrected chi connectivity index (χ1v) is 10.1. The molecular weight excluding hydrogens is 280 g/mol. The van der Waals surface area contributed by atoms with Gasteiger partial charge in [-0.05, 0) is 37.5 Å². The molecule has 0 radical (unpaired) electrons. The minimum atomic E-state index is -2.85. The number of nitriles is 1. The third kappa shape index (κ3) is 5.33. The minimum absolute atomic E-state index is 0.249. The van der Waals surface area contributed by atoms with Gasteiger partial charge in [-0.1, -0.05) is 13.3 Å².